The van der Waals surface area contributed by atoms with Crippen LogP contribution in [0.2, 0.25) is 0 Å². The minimum Gasteiger partial charge on any atom is -0.386 e. The standard InChI is InChI=1S/C18H21NO2/c1-14(18(21)16-11-7-4-8-12-16)19(2)17(20)13-15-9-5-3-6-10-15/h3-12,14,18,21H,13H2,1-2H3/t14-,18+/m0/s1. The lowest BCUT2D eigenvalue weighted by Crippen LogP contribution is -2.39. The van der Waals surface area contributed by atoms with Crippen LogP contribution in [0.25, 0.3) is 0 Å². The van der Waals surface area contributed by atoms with Crippen molar-refractivity contribution in [2.45, 2.75) is 25.5 Å². The summed E-state index contributed by atoms with van der Waals surface area (Å²) in [6.45, 7) is 1.86. The van der Waals surface area contributed by atoms with Crippen molar-refractivity contribution in [1.82, 2.24) is 4.90 Å². The smallest absolute Gasteiger partial charge is 0.227 e. The van der Waals surface area contributed by atoms with Gasteiger partial charge in [-0.15, -0.1) is 0 Å². The molecule has 3 nitrogen and oxygen atoms in total. The van der Waals surface area contributed by atoms with Crippen molar-refractivity contribution >= 4 is 5.91 Å². The second kappa shape index (κ2) is 7.04. The third-order valence-electron chi connectivity index (χ3n) is 3.80. The summed E-state index contributed by atoms with van der Waals surface area (Å²) in [4.78, 5) is 13.9. The molecule has 0 saturated carbocycles. The van der Waals surface area contributed by atoms with E-state index < -0.39 is 6.10 Å². The highest BCUT2D eigenvalue weighted by atomic mass is 16.3. The number of hydrogen-bond acceptors (Lipinski definition) is 2. The summed E-state index contributed by atoms with van der Waals surface area (Å²) >= 11 is 0. The molecule has 0 radical (unpaired) electrons. The highest BCUT2D eigenvalue weighted by Gasteiger charge is 2.23. The summed E-state index contributed by atoms with van der Waals surface area (Å²) in [6, 6.07) is 18.8. The number of likely N-dealkylation sites (N-methyl/N-ethyl adjacent to an activating group) is 1. The lowest BCUT2D eigenvalue weighted by atomic mass is 10.0. The molecule has 0 fully saturated rings. The second-order valence-corrected chi connectivity index (χ2v) is 5.26. The minimum absolute atomic E-state index is 0.00341. The molecule has 0 heterocycles. The number of aliphatic hydroxyl groups is 1. The molecule has 1 amide bonds. The maximum absolute atomic E-state index is 12.3. The zero-order chi connectivity index (χ0) is 15.2. The topological polar surface area (TPSA) is 40.5 Å². The van der Waals surface area contributed by atoms with Gasteiger partial charge >= 0.3 is 0 Å². The monoisotopic (exact) mass is 283 g/mol. The molecule has 2 atom stereocenters. The summed E-state index contributed by atoms with van der Waals surface area (Å²) < 4.78 is 0. The van der Waals surface area contributed by atoms with Crippen molar-refractivity contribution in [2.75, 3.05) is 7.05 Å². The van der Waals surface area contributed by atoms with E-state index in [1.165, 1.54) is 0 Å². The fourth-order valence-corrected chi connectivity index (χ4v) is 2.26. The second-order valence-electron chi connectivity index (χ2n) is 5.26. The number of amides is 1. The van der Waals surface area contributed by atoms with E-state index in [-0.39, 0.29) is 11.9 Å². The number of benzene rings is 2. The first kappa shape index (κ1) is 15.3. The fraction of sp³-hybridized carbons (Fsp3) is 0.278. The Balaban J connectivity index is 2.01. The van der Waals surface area contributed by atoms with E-state index in [4.69, 9.17) is 0 Å². The molecular formula is C18H21NO2. The maximum Gasteiger partial charge on any atom is 0.227 e. The van der Waals surface area contributed by atoms with Crippen molar-refractivity contribution in [3.05, 3.63) is 71.8 Å². The Labute approximate surface area is 125 Å². The number of hydrogen-bond donors (Lipinski definition) is 1. The molecule has 2 aromatic rings. The van der Waals surface area contributed by atoms with Gasteiger partial charge < -0.3 is 10.0 Å². The molecule has 2 aromatic carbocycles. The van der Waals surface area contributed by atoms with E-state index in [0.29, 0.717) is 6.42 Å². The molecule has 110 valence electrons. The van der Waals surface area contributed by atoms with Crippen LogP contribution in [0.1, 0.15) is 24.2 Å². The maximum atomic E-state index is 12.3. The van der Waals surface area contributed by atoms with Gasteiger partial charge in [-0.25, -0.2) is 0 Å². The van der Waals surface area contributed by atoms with Crippen molar-refractivity contribution in [3.8, 4) is 0 Å². The minimum atomic E-state index is -0.684. The van der Waals surface area contributed by atoms with Crippen molar-refractivity contribution in [2.24, 2.45) is 0 Å². The third-order valence-corrected chi connectivity index (χ3v) is 3.80. The van der Waals surface area contributed by atoms with Crippen molar-refractivity contribution in [1.29, 1.82) is 0 Å². The zero-order valence-electron chi connectivity index (χ0n) is 12.4. The molecule has 0 spiro atoms. The average molecular weight is 283 g/mol. The zero-order valence-corrected chi connectivity index (χ0v) is 12.4. The van der Waals surface area contributed by atoms with Gasteiger partial charge in [0.2, 0.25) is 5.91 Å². The molecule has 0 aliphatic heterocycles. The molecule has 0 aliphatic rings. The summed E-state index contributed by atoms with van der Waals surface area (Å²) in [5.74, 6) is 0.00341. The van der Waals surface area contributed by atoms with Crippen LogP contribution in [-0.2, 0) is 11.2 Å². The molecule has 21 heavy (non-hydrogen) atoms. The van der Waals surface area contributed by atoms with Gasteiger partial charge in [0.25, 0.3) is 0 Å². The van der Waals surface area contributed by atoms with Gasteiger partial charge in [-0.1, -0.05) is 60.7 Å². The quantitative estimate of drug-likeness (QED) is 0.916. The van der Waals surface area contributed by atoms with E-state index in [1.54, 1.807) is 11.9 Å². The van der Waals surface area contributed by atoms with Crippen LogP contribution in [0.4, 0.5) is 0 Å². The molecule has 0 aromatic heterocycles. The summed E-state index contributed by atoms with van der Waals surface area (Å²) in [6.07, 6.45) is -0.334. The van der Waals surface area contributed by atoms with Crippen LogP contribution in [0.5, 0.6) is 0 Å². The first-order chi connectivity index (χ1) is 10.1. The van der Waals surface area contributed by atoms with Crippen LogP contribution < -0.4 is 0 Å². The Kier molecular flexibility index (Phi) is 5.12. The van der Waals surface area contributed by atoms with Gasteiger partial charge in [-0.3, -0.25) is 4.79 Å². The lowest BCUT2D eigenvalue weighted by molar-refractivity contribution is -0.133. The van der Waals surface area contributed by atoms with Gasteiger partial charge in [-0.2, -0.15) is 0 Å². The molecular weight excluding hydrogens is 262 g/mol. The molecule has 0 aliphatic carbocycles. The highest BCUT2D eigenvalue weighted by Crippen LogP contribution is 2.20. The molecule has 0 saturated heterocycles. The largest absolute Gasteiger partial charge is 0.386 e. The van der Waals surface area contributed by atoms with Crippen LogP contribution in [0.15, 0.2) is 60.7 Å². The van der Waals surface area contributed by atoms with Gasteiger partial charge in [0.05, 0.1) is 18.6 Å². The number of carbonyl (C=O) groups excluding carboxylic acids is 1. The van der Waals surface area contributed by atoms with E-state index >= 15 is 0 Å². The lowest BCUT2D eigenvalue weighted by Gasteiger charge is -2.29. The average Bonchev–Trinajstić information content (AvgIpc) is 2.54. The van der Waals surface area contributed by atoms with Crippen molar-refractivity contribution < 1.29 is 9.90 Å². The predicted molar refractivity (Wildman–Crippen MR) is 83.8 cm³/mol. The Hall–Kier alpha value is -2.13. The summed E-state index contributed by atoms with van der Waals surface area (Å²) in [5, 5.41) is 10.4. The molecule has 3 heteroatoms. The fourth-order valence-electron chi connectivity index (χ4n) is 2.26. The summed E-state index contributed by atoms with van der Waals surface area (Å²) in [7, 11) is 1.74. The molecule has 1 N–H and O–H groups in total. The van der Waals surface area contributed by atoms with Crippen LogP contribution in [-0.4, -0.2) is 29.0 Å². The first-order valence-electron chi connectivity index (χ1n) is 7.12. The summed E-state index contributed by atoms with van der Waals surface area (Å²) in [5.41, 5.74) is 1.81. The molecule has 2 rings (SSSR count). The SMILES string of the molecule is C[C@@H]([C@@H](O)c1ccccc1)N(C)C(=O)Cc1ccccc1. The van der Waals surface area contributed by atoms with Gasteiger partial charge in [0.1, 0.15) is 0 Å². The number of rotatable bonds is 5. The Bertz CT molecular complexity index is 568. The van der Waals surface area contributed by atoms with E-state index in [2.05, 4.69) is 0 Å². The predicted octanol–water partition coefficient (Wildman–Crippen LogP) is 2.81. The van der Waals surface area contributed by atoms with Crippen LogP contribution >= 0.6 is 0 Å². The molecule has 0 unspecified atom stereocenters. The number of carbonyl (C=O) groups is 1. The van der Waals surface area contributed by atoms with Crippen LogP contribution in [0, 0.1) is 0 Å². The van der Waals surface area contributed by atoms with Gasteiger partial charge in [-0.05, 0) is 18.1 Å². The number of aliphatic hydroxyl groups excluding tert-OH is 1. The van der Waals surface area contributed by atoms with E-state index in [1.807, 2.05) is 67.6 Å². The van der Waals surface area contributed by atoms with Gasteiger partial charge in [0, 0.05) is 7.05 Å². The Morgan fingerprint density at radius 3 is 2.14 bits per heavy atom. The van der Waals surface area contributed by atoms with E-state index in [0.717, 1.165) is 11.1 Å². The van der Waals surface area contributed by atoms with Gasteiger partial charge in [0.15, 0.2) is 0 Å². The first-order valence-corrected chi connectivity index (χ1v) is 7.12. The highest BCUT2D eigenvalue weighted by molar-refractivity contribution is 5.78. The molecule has 0 bridgehead atoms. The van der Waals surface area contributed by atoms with Crippen molar-refractivity contribution in [3.63, 3.8) is 0 Å². The Morgan fingerprint density at radius 1 is 1.05 bits per heavy atom. The normalized spacial score (nSPS) is 13.5. The van der Waals surface area contributed by atoms with Crippen LogP contribution in [0.3, 0.4) is 0 Å². The third kappa shape index (κ3) is 3.92. The van der Waals surface area contributed by atoms with E-state index in [9.17, 15) is 9.90 Å². The number of nitrogens with zero attached hydrogens (tertiary/aromatic N) is 1. The Morgan fingerprint density at radius 2 is 1.57 bits per heavy atom.